The van der Waals surface area contributed by atoms with E-state index in [4.69, 9.17) is 0 Å². The van der Waals surface area contributed by atoms with E-state index in [0.717, 1.165) is 19.3 Å². The minimum absolute atomic E-state index is 0.187. The molecule has 2 N–H and O–H groups in total. The van der Waals surface area contributed by atoms with Crippen molar-refractivity contribution >= 4 is 11.9 Å². The first kappa shape index (κ1) is 13.6. The van der Waals surface area contributed by atoms with Crippen LogP contribution in [0, 0.1) is 5.41 Å². The van der Waals surface area contributed by atoms with E-state index < -0.39 is 11.4 Å². The van der Waals surface area contributed by atoms with Crippen LogP contribution in [0.1, 0.15) is 42.6 Å². The van der Waals surface area contributed by atoms with Crippen LogP contribution in [0.15, 0.2) is 12.5 Å². The van der Waals surface area contributed by atoms with Crippen molar-refractivity contribution < 1.29 is 14.7 Å². The third-order valence-electron chi connectivity index (χ3n) is 3.90. The maximum atomic E-state index is 12.0. The molecule has 1 aromatic heterocycles. The molecule has 1 fully saturated rings. The van der Waals surface area contributed by atoms with Gasteiger partial charge in [-0.2, -0.15) is 0 Å². The number of aryl methyl sites for hydroxylation is 1. The smallest absolute Gasteiger partial charge is 0.311 e. The Balaban J connectivity index is 2.02. The number of carbonyl (C=O) groups excluding carboxylic acids is 1. The predicted octanol–water partition coefficient (Wildman–Crippen LogP) is 1.18. The minimum Gasteiger partial charge on any atom is -0.481 e. The molecule has 19 heavy (non-hydrogen) atoms. The Hall–Kier alpha value is -1.85. The fraction of sp³-hybridized carbons (Fsp3) is 0.615. The lowest BCUT2D eigenvalue weighted by Crippen LogP contribution is -2.44. The number of imidazole rings is 1. The van der Waals surface area contributed by atoms with Crippen molar-refractivity contribution in [1.82, 2.24) is 14.9 Å². The first-order valence-electron chi connectivity index (χ1n) is 6.53. The summed E-state index contributed by atoms with van der Waals surface area (Å²) in [6.45, 7) is 0.187. The maximum Gasteiger partial charge on any atom is 0.311 e. The highest BCUT2D eigenvalue weighted by atomic mass is 16.4. The number of amides is 1. The molecule has 0 atom stereocenters. The Bertz CT molecular complexity index is 475. The molecule has 1 amide bonds. The van der Waals surface area contributed by atoms with Crippen LogP contribution in [0.5, 0.6) is 0 Å². The third kappa shape index (κ3) is 2.77. The van der Waals surface area contributed by atoms with Gasteiger partial charge < -0.3 is 15.0 Å². The van der Waals surface area contributed by atoms with Crippen molar-refractivity contribution in [1.29, 1.82) is 0 Å². The maximum absolute atomic E-state index is 12.0. The number of carbonyl (C=O) groups is 2. The number of aromatic nitrogens is 2. The Kier molecular flexibility index (Phi) is 3.87. The molecule has 1 saturated carbocycles. The summed E-state index contributed by atoms with van der Waals surface area (Å²) in [7, 11) is 1.73. The van der Waals surface area contributed by atoms with Gasteiger partial charge in [-0.25, -0.2) is 4.98 Å². The molecule has 1 aromatic rings. The Labute approximate surface area is 111 Å². The standard InChI is InChI=1S/C13H19N3O3/c1-16-9-14-7-10(16)11(17)15-8-13(12(18)19)5-3-2-4-6-13/h7,9H,2-6,8H2,1H3,(H,15,17)(H,18,19). The summed E-state index contributed by atoms with van der Waals surface area (Å²) in [5.74, 6) is -1.08. The second kappa shape index (κ2) is 5.42. The van der Waals surface area contributed by atoms with Gasteiger partial charge in [0.05, 0.1) is 17.9 Å². The van der Waals surface area contributed by atoms with Crippen molar-refractivity contribution in [3.63, 3.8) is 0 Å². The molecule has 1 aliphatic carbocycles. The number of nitrogens with zero attached hydrogens (tertiary/aromatic N) is 2. The van der Waals surface area contributed by atoms with Gasteiger partial charge in [0, 0.05) is 13.6 Å². The van der Waals surface area contributed by atoms with Gasteiger partial charge in [0.1, 0.15) is 5.69 Å². The van der Waals surface area contributed by atoms with Gasteiger partial charge in [-0.05, 0) is 12.8 Å². The van der Waals surface area contributed by atoms with Crippen LogP contribution < -0.4 is 5.32 Å². The highest BCUT2D eigenvalue weighted by Gasteiger charge is 2.39. The first-order valence-corrected chi connectivity index (χ1v) is 6.53. The number of carboxylic acids is 1. The van der Waals surface area contributed by atoms with Gasteiger partial charge in [-0.1, -0.05) is 19.3 Å². The van der Waals surface area contributed by atoms with Gasteiger partial charge >= 0.3 is 5.97 Å². The summed E-state index contributed by atoms with van der Waals surface area (Å²) in [6, 6.07) is 0. The SMILES string of the molecule is Cn1cncc1C(=O)NCC1(C(=O)O)CCCCC1. The van der Waals surface area contributed by atoms with E-state index >= 15 is 0 Å². The molecule has 6 heteroatoms. The number of aliphatic carboxylic acids is 1. The summed E-state index contributed by atoms with van der Waals surface area (Å²) < 4.78 is 1.61. The van der Waals surface area contributed by atoms with Crippen LogP contribution in [-0.2, 0) is 11.8 Å². The summed E-state index contributed by atoms with van der Waals surface area (Å²) >= 11 is 0. The molecular weight excluding hydrogens is 246 g/mol. The average Bonchev–Trinajstić information content (AvgIpc) is 2.83. The Morgan fingerprint density at radius 3 is 2.63 bits per heavy atom. The summed E-state index contributed by atoms with van der Waals surface area (Å²) in [5.41, 5.74) is -0.358. The highest BCUT2D eigenvalue weighted by Crippen LogP contribution is 2.36. The number of rotatable bonds is 4. The highest BCUT2D eigenvalue weighted by molar-refractivity contribution is 5.92. The van der Waals surface area contributed by atoms with Crippen LogP contribution in [0.25, 0.3) is 0 Å². The Morgan fingerprint density at radius 2 is 2.11 bits per heavy atom. The van der Waals surface area contributed by atoms with Crippen LogP contribution in [-0.4, -0.2) is 33.1 Å². The van der Waals surface area contributed by atoms with E-state index in [0.29, 0.717) is 18.5 Å². The second-order valence-electron chi connectivity index (χ2n) is 5.22. The zero-order chi connectivity index (χ0) is 13.9. The molecule has 0 bridgehead atoms. The molecule has 6 nitrogen and oxygen atoms in total. The van der Waals surface area contributed by atoms with Gasteiger partial charge in [0.2, 0.25) is 0 Å². The van der Waals surface area contributed by atoms with E-state index in [2.05, 4.69) is 10.3 Å². The second-order valence-corrected chi connectivity index (χ2v) is 5.22. The summed E-state index contributed by atoms with van der Waals surface area (Å²) in [6.07, 6.45) is 7.18. The summed E-state index contributed by atoms with van der Waals surface area (Å²) in [4.78, 5) is 27.3. The van der Waals surface area contributed by atoms with Gasteiger partial charge in [0.25, 0.3) is 5.91 Å². The Morgan fingerprint density at radius 1 is 1.42 bits per heavy atom. The molecular formula is C13H19N3O3. The molecule has 1 aliphatic rings. The topological polar surface area (TPSA) is 84.2 Å². The van der Waals surface area contributed by atoms with Crippen molar-refractivity contribution in [3.05, 3.63) is 18.2 Å². The zero-order valence-electron chi connectivity index (χ0n) is 11.1. The lowest BCUT2D eigenvalue weighted by molar-refractivity contribution is -0.150. The molecule has 0 aromatic carbocycles. The average molecular weight is 265 g/mol. The van der Waals surface area contributed by atoms with Crippen molar-refractivity contribution in [2.45, 2.75) is 32.1 Å². The monoisotopic (exact) mass is 265 g/mol. The number of nitrogens with one attached hydrogen (secondary N) is 1. The van der Waals surface area contributed by atoms with Gasteiger partial charge in [-0.3, -0.25) is 9.59 Å². The van der Waals surface area contributed by atoms with Crippen molar-refractivity contribution in [3.8, 4) is 0 Å². The van der Waals surface area contributed by atoms with Crippen LogP contribution in [0.2, 0.25) is 0 Å². The predicted molar refractivity (Wildman–Crippen MR) is 68.7 cm³/mol. The lowest BCUT2D eigenvalue weighted by Gasteiger charge is -2.33. The van der Waals surface area contributed by atoms with E-state index in [1.165, 1.54) is 6.20 Å². The number of hydrogen-bond donors (Lipinski definition) is 2. The third-order valence-corrected chi connectivity index (χ3v) is 3.90. The fourth-order valence-electron chi connectivity index (χ4n) is 2.61. The van der Waals surface area contributed by atoms with E-state index in [9.17, 15) is 14.7 Å². The summed E-state index contributed by atoms with van der Waals surface area (Å²) in [5, 5.41) is 12.2. The minimum atomic E-state index is -0.808. The van der Waals surface area contributed by atoms with E-state index in [1.807, 2.05) is 0 Å². The molecule has 0 saturated heterocycles. The quantitative estimate of drug-likeness (QED) is 0.856. The number of hydrogen-bond acceptors (Lipinski definition) is 3. The molecule has 2 rings (SSSR count). The molecule has 104 valence electrons. The normalized spacial score (nSPS) is 17.9. The zero-order valence-corrected chi connectivity index (χ0v) is 11.1. The first-order chi connectivity index (χ1) is 9.05. The van der Waals surface area contributed by atoms with Crippen LogP contribution in [0.3, 0.4) is 0 Å². The molecule has 0 unspecified atom stereocenters. The molecule has 1 heterocycles. The molecule has 0 radical (unpaired) electrons. The van der Waals surface area contributed by atoms with Gasteiger partial charge in [0.15, 0.2) is 0 Å². The lowest BCUT2D eigenvalue weighted by atomic mass is 9.74. The van der Waals surface area contributed by atoms with Crippen molar-refractivity contribution in [2.75, 3.05) is 6.54 Å². The molecule has 0 spiro atoms. The van der Waals surface area contributed by atoms with Gasteiger partial charge in [-0.15, -0.1) is 0 Å². The molecule has 0 aliphatic heterocycles. The van der Waals surface area contributed by atoms with E-state index in [1.54, 1.807) is 17.9 Å². The fourth-order valence-corrected chi connectivity index (χ4v) is 2.61. The van der Waals surface area contributed by atoms with Crippen LogP contribution >= 0.6 is 0 Å². The number of carboxylic acid groups (broad SMARTS) is 1. The van der Waals surface area contributed by atoms with Crippen LogP contribution in [0.4, 0.5) is 0 Å². The van der Waals surface area contributed by atoms with Crippen molar-refractivity contribution in [2.24, 2.45) is 12.5 Å². The largest absolute Gasteiger partial charge is 0.481 e. The van der Waals surface area contributed by atoms with E-state index in [-0.39, 0.29) is 12.5 Å².